The highest BCUT2D eigenvalue weighted by atomic mass is 32.2. The van der Waals surface area contributed by atoms with Crippen LogP contribution in [-0.2, 0) is 9.59 Å². The highest BCUT2D eigenvalue weighted by Gasteiger charge is 2.21. The monoisotopic (exact) mass is 340 g/mol. The van der Waals surface area contributed by atoms with Crippen LogP contribution in [-0.4, -0.2) is 59.3 Å². The molecule has 23 heavy (non-hydrogen) atoms. The van der Waals surface area contributed by atoms with E-state index in [4.69, 9.17) is 0 Å². The molecule has 0 aliphatic carbocycles. The molecule has 0 aromatic carbocycles. The van der Waals surface area contributed by atoms with Crippen molar-refractivity contribution in [3.8, 4) is 0 Å². The van der Waals surface area contributed by atoms with Crippen molar-refractivity contribution in [1.82, 2.24) is 9.80 Å². The lowest BCUT2D eigenvalue weighted by molar-refractivity contribution is -0.132. The molecule has 2 heterocycles. The first-order valence-corrected chi connectivity index (χ1v) is 10.3. The summed E-state index contributed by atoms with van der Waals surface area (Å²) in [6.07, 6.45) is 5.80. The van der Waals surface area contributed by atoms with Crippen LogP contribution in [0.1, 0.15) is 52.4 Å². The quantitative estimate of drug-likeness (QED) is 0.698. The minimum Gasteiger partial charge on any atom is -0.343 e. The van der Waals surface area contributed by atoms with Crippen molar-refractivity contribution in [3.63, 3.8) is 0 Å². The minimum absolute atomic E-state index is 0.292. The van der Waals surface area contributed by atoms with E-state index in [0.29, 0.717) is 24.7 Å². The highest BCUT2D eigenvalue weighted by Crippen LogP contribution is 2.19. The molecule has 2 amide bonds. The second-order valence-electron chi connectivity index (χ2n) is 7.24. The van der Waals surface area contributed by atoms with Crippen LogP contribution in [0.5, 0.6) is 0 Å². The standard InChI is InChI=1S/C18H32N2O2S/c1-15-3-9-19(10-4-15)17(21)7-13-23-14-8-18(22)20-11-5-16(2)6-12-20/h15-16H,3-14H2,1-2H3. The van der Waals surface area contributed by atoms with E-state index >= 15 is 0 Å². The van der Waals surface area contributed by atoms with Gasteiger partial charge in [0, 0.05) is 50.5 Å². The van der Waals surface area contributed by atoms with Crippen molar-refractivity contribution in [3.05, 3.63) is 0 Å². The van der Waals surface area contributed by atoms with Gasteiger partial charge in [0.25, 0.3) is 0 Å². The number of nitrogens with zero attached hydrogens (tertiary/aromatic N) is 2. The molecule has 2 rings (SSSR count). The Bertz CT molecular complexity index is 350. The smallest absolute Gasteiger partial charge is 0.223 e. The fourth-order valence-electron chi connectivity index (χ4n) is 3.25. The molecule has 0 radical (unpaired) electrons. The number of carbonyl (C=O) groups is 2. The van der Waals surface area contributed by atoms with Gasteiger partial charge >= 0.3 is 0 Å². The Morgan fingerprint density at radius 2 is 1.13 bits per heavy atom. The predicted molar refractivity (Wildman–Crippen MR) is 96.5 cm³/mol. The molecule has 0 N–H and O–H groups in total. The molecule has 5 heteroatoms. The molecule has 0 spiro atoms. The molecule has 0 aromatic rings. The number of piperidine rings is 2. The molecule has 2 aliphatic rings. The lowest BCUT2D eigenvalue weighted by Gasteiger charge is -2.30. The summed E-state index contributed by atoms with van der Waals surface area (Å²) in [4.78, 5) is 28.3. The third-order valence-electron chi connectivity index (χ3n) is 5.19. The molecular formula is C18H32N2O2S. The maximum absolute atomic E-state index is 12.1. The Kier molecular flexibility index (Phi) is 7.74. The maximum Gasteiger partial charge on any atom is 0.223 e. The maximum atomic E-state index is 12.1. The topological polar surface area (TPSA) is 40.6 Å². The fraction of sp³-hybridized carbons (Fsp3) is 0.889. The molecule has 2 aliphatic heterocycles. The Labute approximate surface area is 145 Å². The fourth-order valence-corrected chi connectivity index (χ4v) is 4.10. The normalized spacial score (nSPS) is 20.8. The van der Waals surface area contributed by atoms with Crippen LogP contribution in [0, 0.1) is 11.8 Å². The molecule has 2 saturated heterocycles. The van der Waals surface area contributed by atoms with Gasteiger partial charge in [-0.15, -0.1) is 0 Å². The van der Waals surface area contributed by atoms with Gasteiger partial charge in [0.05, 0.1) is 0 Å². The van der Waals surface area contributed by atoms with Crippen LogP contribution in [0.2, 0.25) is 0 Å². The zero-order valence-corrected chi connectivity index (χ0v) is 15.6. The number of rotatable bonds is 6. The third kappa shape index (κ3) is 6.36. The van der Waals surface area contributed by atoms with Crippen LogP contribution in [0.15, 0.2) is 0 Å². The molecule has 132 valence electrons. The first-order valence-electron chi connectivity index (χ1n) is 9.19. The second-order valence-corrected chi connectivity index (χ2v) is 8.46. The largest absolute Gasteiger partial charge is 0.343 e. The van der Waals surface area contributed by atoms with Gasteiger partial charge in [0.2, 0.25) is 11.8 Å². The molecule has 4 nitrogen and oxygen atoms in total. The number of likely N-dealkylation sites (tertiary alicyclic amines) is 2. The average Bonchev–Trinajstić information content (AvgIpc) is 2.55. The molecule has 0 bridgehead atoms. The Morgan fingerprint density at radius 1 is 0.783 bits per heavy atom. The predicted octanol–water partition coefficient (Wildman–Crippen LogP) is 3.02. The van der Waals surface area contributed by atoms with Crippen LogP contribution in [0.3, 0.4) is 0 Å². The lowest BCUT2D eigenvalue weighted by atomic mass is 9.99. The third-order valence-corrected chi connectivity index (χ3v) is 6.18. The van der Waals surface area contributed by atoms with E-state index in [0.717, 1.165) is 75.2 Å². The van der Waals surface area contributed by atoms with E-state index in [-0.39, 0.29) is 0 Å². The van der Waals surface area contributed by atoms with E-state index < -0.39 is 0 Å². The van der Waals surface area contributed by atoms with Gasteiger partial charge < -0.3 is 9.80 Å². The first-order chi connectivity index (χ1) is 11.1. The van der Waals surface area contributed by atoms with Crippen LogP contribution >= 0.6 is 11.8 Å². The second kappa shape index (κ2) is 9.55. The van der Waals surface area contributed by atoms with Gasteiger partial charge in [-0.2, -0.15) is 11.8 Å². The number of carbonyl (C=O) groups excluding carboxylic acids is 2. The van der Waals surface area contributed by atoms with Crippen molar-refractivity contribution in [1.29, 1.82) is 0 Å². The van der Waals surface area contributed by atoms with Crippen LogP contribution in [0.25, 0.3) is 0 Å². The Balaban J connectivity index is 1.52. The number of amides is 2. The van der Waals surface area contributed by atoms with Crippen molar-refractivity contribution >= 4 is 23.6 Å². The summed E-state index contributed by atoms with van der Waals surface area (Å²) < 4.78 is 0. The summed E-state index contributed by atoms with van der Waals surface area (Å²) in [6.45, 7) is 8.23. The SMILES string of the molecule is CC1CCN(C(=O)CCSCCC(=O)N2CCC(C)CC2)CC1. The van der Waals surface area contributed by atoms with Gasteiger partial charge in [-0.05, 0) is 37.5 Å². The van der Waals surface area contributed by atoms with Gasteiger partial charge in [0.15, 0.2) is 0 Å². The van der Waals surface area contributed by atoms with Gasteiger partial charge in [-0.1, -0.05) is 13.8 Å². The molecule has 0 unspecified atom stereocenters. The van der Waals surface area contributed by atoms with Crippen molar-refractivity contribution in [2.75, 3.05) is 37.7 Å². The number of hydrogen-bond donors (Lipinski definition) is 0. The van der Waals surface area contributed by atoms with E-state index in [1.165, 1.54) is 0 Å². The summed E-state index contributed by atoms with van der Waals surface area (Å²) in [5, 5.41) is 0. The summed E-state index contributed by atoms with van der Waals surface area (Å²) >= 11 is 1.74. The van der Waals surface area contributed by atoms with Gasteiger partial charge in [0.1, 0.15) is 0 Å². The van der Waals surface area contributed by atoms with Crippen molar-refractivity contribution < 1.29 is 9.59 Å². The molecule has 2 fully saturated rings. The number of hydrogen-bond acceptors (Lipinski definition) is 3. The zero-order valence-electron chi connectivity index (χ0n) is 14.8. The van der Waals surface area contributed by atoms with Crippen LogP contribution < -0.4 is 0 Å². The lowest BCUT2D eigenvalue weighted by Crippen LogP contribution is -2.38. The Morgan fingerprint density at radius 3 is 1.48 bits per heavy atom. The molecular weight excluding hydrogens is 308 g/mol. The zero-order chi connectivity index (χ0) is 16.7. The van der Waals surface area contributed by atoms with Gasteiger partial charge in [-0.3, -0.25) is 9.59 Å². The van der Waals surface area contributed by atoms with E-state index in [1.54, 1.807) is 11.8 Å². The van der Waals surface area contributed by atoms with E-state index in [9.17, 15) is 9.59 Å². The first kappa shape index (κ1) is 18.6. The van der Waals surface area contributed by atoms with E-state index in [1.807, 2.05) is 9.80 Å². The summed E-state index contributed by atoms with van der Waals surface area (Å²) in [5.41, 5.74) is 0. The minimum atomic E-state index is 0.292. The Hall–Kier alpha value is -0.710. The molecule has 0 saturated carbocycles. The van der Waals surface area contributed by atoms with E-state index in [2.05, 4.69) is 13.8 Å². The summed E-state index contributed by atoms with van der Waals surface area (Å²) in [7, 11) is 0. The average molecular weight is 341 g/mol. The van der Waals surface area contributed by atoms with Gasteiger partial charge in [-0.25, -0.2) is 0 Å². The highest BCUT2D eigenvalue weighted by molar-refractivity contribution is 7.99. The van der Waals surface area contributed by atoms with Crippen molar-refractivity contribution in [2.45, 2.75) is 52.4 Å². The number of thioether (sulfide) groups is 1. The van der Waals surface area contributed by atoms with Crippen molar-refractivity contribution in [2.24, 2.45) is 11.8 Å². The van der Waals surface area contributed by atoms with Crippen LogP contribution in [0.4, 0.5) is 0 Å². The molecule has 0 aromatic heterocycles. The summed E-state index contributed by atoms with van der Waals surface area (Å²) in [5.74, 6) is 3.79. The summed E-state index contributed by atoms with van der Waals surface area (Å²) in [6, 6.07) is 0. The molecule has 0 atom stereocenters.